The van der Waals surface area contributed by atoms with Crippen molar-refractivity contribution in [1.29, 1.82) is 0 Å². The van der Waals surface area contributed by atoms with Crippen LogP contribution < -0.4 is 20.6 Å². The largest absolute Gasteiger partial charge is 0.376 e. The lowest BCUT2D eigenvalue weighted by Gasteiger charge is -2.48. The van der Waals surface area contributed by atoms with Crippen LogP contribution in [0.15, 0.2) is 141 Å². The van der Waals surface area contributed by atoms with Crippen molar-refractivity contribution in [2.75, 3.05) is 9.71 Å². The van der Waals surface area contributed by atoms with Crippen LogP contribution in [0.5, 0.6) is 0 Å². The molecule has 4 aliphatic heterocycles. The van der Waals surface area contributed by atoms with Crippen LogP contribution in [0.4, 0.5) is 28.4 Å². The molecule has 0 radical (unpaired) electrons. The van der Waals surface area contributed by atoms with Gasteiger partial charge >= 0.3 is 6.85 Å². The van der Waals surface area contributed by atoms with Crippen LogP contribution >= 0.6 is 23.5 Å². The Bertz CT molecular complexity index is 2240. The third-order valence-electron chi connectivity index (χ3n) is 10.1. The van der Waals surface area contributed by atoms with E-state index in [1.807, 2.05) is 23.5 Å². The summed E-state index contributed by atoms with van der Waals surface area (Å²) in [4.78, 5) is 10.5. The van der Waals surface area contributed by atoms with E-state index in [1.165, 1.54) is 86.8 Å². The normalized spacial score (nSPS) is 15.8. The molecule has 2 nitrogen and oxygen atoms in total. The van der Waals surface area contributed by atoms with Crippen molar-refractivity contribution in [3.05, 3.63) is 138 Å². The van der Waals surface area contributed by atoms with Crippen LogP contribution in [0.3, 0.4) is 0 Å². The number of anilines is 5. The zero-order valence-electron chi connectivity index (χ0n) is 25.3. The Balaban J connectivity index is 1.32. The molecule has 45 heavy (non-hydrogen) atoms. The minimum absolute atomic E-state index is 0.0484. The van der Waals surface area contributed by atoms with Crippen LogP contribution in [0.1, 0.15) is 30.5 Å². The second-order valence-corrected chi connectivity index (χ2v) is 15.2. The van der Waals surface area contributed by atoms with Crippen molar-refractivity contribution >= 4 is 69.7 Å². The van der Waals surface area contributed by atoms with Crippen molar-refractivity contribution in [2.24, 2.45) is 0 Å². The number of para-hydroxylation sites is 3. The molecule has 4 heterocycles. The van der Waals surface area contributed by atoms with E-state index >= 15 is 0 Å². The van der Waals surface area contributed by atoms with Crippen molar-refractivity contribution in [1.82, 2.24) is 0 Å². The molecule has 0 fully saturated rings. The molecule has 0 saturated carbocycles. The molecule has 10 rings (SSSR count). The molecular formula is C40H29BN2S2. The van der Waals surface area contributed by atoms with Gasteiger partial charge in [-0.05, 0) is 94.7 Å². The second kappa shape index (κ2) is 9.12. The molecule has 0 saturated heterocycles. The van der Waals surface area contributed by atoms with E-state index in [0.717, 1.165) is 0 Å². The molecule has 0 bridgehead atoms. The van der Waals surface area contributed by atoms with Gasteiger partial charge in [-0.3, -0.25) is 0 Å². The fourth-order valence-electron chi connectivity index (χ4n) is 8.10. The molecule has 0 atom stereocenters. The lowest BCUT2D eigenvalue weighted by molar-refractivity contribution is 0.607. The second-order valence-electron chi connectivity index (χ2n) is 13.0. The molecule has 5 heteroatoms. The highest BCUT2D eigenvalue weighted by atomic mass is 32.2. The van der Waals surface area contributed by atoms with E-state index in [9.17, 15) is 0 Å². The minimum Gasteiger partial charge on any atom is -0.376 e. The number of fused-ring (bicyclic) bond motifs is 8. The Morgan fingerprint density at radius 2 is 1.31 bits per heavy atom. The summed E-state index contributed by atoms with van der Waals surface area (Å²) in [5.41, 5.74) is 15.8. The van der Waals surface area contributed by atoms with E-state index in [1.54, 1.807) is 0 Å². The van der Waals surface area contributed by atoms with Gasteiger partial charge in [0.25, 0.3) is 0 Å². The molecular weight excluding hydrogens is 583 g/mol. The molecule has 0 N–H and O–H groups in total. The zero-order valence-corrected chi connectivity index (χ0v) is 27.0. The topological polar surface area (TPSA) is 6.48 Å². The van der Waals surface area contributed by atoms with Gasteiger partial charge in [0, 0.05) is 47.6 Å². The fourth-order valence-corrected chi connectivity index (χ4v) is 10.6. The maximum absolute atomic E-state index is 2.64. The molecule has 0 aliphatic carbocycles. The van der Waals surface area contributed by atoms with E-state index < -0.39 is 0 Å². The summed E-state index contributed by atoms with van der Waals surface area (Å²) in [7, 11) is 0. The number of hydrogen-bond acceptors (Lipinski definition) is 4. The van der Waals surface area contributed by atoms with Gasteiger partial charge in [-0.15, -0.1) is 0 Å². The number of nitrogens with zero attached hydrogens (tertiary/aromatic N) is 2. The summed E-state index contributed by atoms with van der Waals surface area (Å²) in [5, 5.41) is 0. The molecule has 4 aliphatic rings. The van der Waals surface area contributed by atoms with Crippen molar-refractivity contribution in [3.8, 4) is 11.1 Å². The van der Waals surface area contributed by atoms with E-state index in [2.05, 4.69) is 152 Å². The highest BCUT2D eigenvalue weighted by molar-refractivity contribution is 8.00. The van der Waals surface area contributed by atoms with Gasteiger partial charge in [0.1, 0.15) is 0 Å². The van der Waals surface area contributed by atoms with Crippen LogP contribution in [0.25, 0.3) is 11.1 Å². The third kappa shape index (κ3) is 3.46. The summed E-state index contributed by atoms with van der Waals surface area (Å²) in [6.07, 6.45) is 0. The summed E-state index contributed by atoms with van der Waals surface area (Å²) < 4.78 is 0. The predicted octanol–water partition coefficient (Wildman–Crippen LogP) is 9.96. The summed E-state index contributed by atoms with van der Waals surface area (Å²) >= 11 is 3.82. The van der Waals surface area contributed by atoms with Crippen molar-refractivity contribution < 1.29 is 0 Å². The Kier molecular flexibility index (Phi) is 5.26. The number of benzene rings is 6. The van der Waals surface area contributed by atoms with Gasteiger partial charge in [-0.1, -0.05) is 104 Å². The number of rotatable bonds is 1. The minimum atomic E-state index is -0.109. The zero-order chi connectivity index (χ0) is 30.0. The van der Waals surface area contributed by atoms with Crippen molar-refractivity contribution in [3.63, 3.8) is 0 Å². The lowest BCUT2D eigenvalue weighted by Crippen LogP contribution is -2.62. The molecule has 0 unspecified atom stereocenters. The van der Waals surface area contributed by atoms with E-state index in [0.29, 0.717) is 0 Å². The maximum atomic E-state index is 2.64. The highest BCUT2D eigenvalue weighted by Crippen LogP contribution is 2.57. The van der Waals surface area contributed by atoms with E-state index in [4.69, 9.17) is 0 Å². The van der Waals surface area contributed by atoms with Gasteiger partial charge in [0.2, 0.25) is 0 Å². The lowest BCUT2D eigenvalue weighted by atomic mass is 9.43. The first-order chi connectivity index (χ1) is 22.0. The van der Waals surface area contributed by atoms with Gasteiger partial charge in [0.15, 0.2) is 0 Å². The van der Waals surface area contributed by atoms with Gasteiger partial charge in [0.05, 0.1) is 11.4 Å². The maximum Gasteiger partial charge on any atom is 0.333 e. The first kappa shape index (κ1) is 26.0. The van der Waals surface area contributed by atoms with Crippen LogP contribution in [-0.2, 0) is 5.41 Å². The first-order valence-electron chi connectivity index (χ1n) is 15.6. The van der Waals surface area contributed by atoms with Crippen LogP contribution in [0.2, 0.25) is 0 Å². The van der Waals surface area contributed by atoms with Crippen LogP contribution in [-0.4, -0.2) is 6.85 Å². The highest BCUT2D eigenvalue weighted by Gasteiger charge is 2.48. The van der Waals surface area contributed by atoms with Crippen molar-refractivity contribution in [2.45, 2.75) is 45.8 Å². The summed E-state index contributed by atoms with van der Waals surface area (Å²) in [5.74, 6) is 0. The van der Waals surface area contributed by atoms with Gasteiger partial charge in [-0.2, -0.15) is 0 Å². The smallest absolute Gasteiger partial charge is 0.333 e. The molecule has 6 aromatic rings. The quantitative estimate of drug-likeness (QED) is 0.170. The summed E-state index contributed by atoms with van der Waals surface area (Å²) in [6.45, 7) is 7.09. The SMILES string of the molecule is Cc1cc2c3c(c1)N1c4ccccc4Sc4cccc(c41)B3N(c1ccccc1)c1cc3c(cc1-2)Sc1ccccc1C3(C)C. The standard InChI is InChI=1S/C40H29BN2S2/c1-24-20-27-26-22-37-29(40(2,3)28-14-7-9-17-34(28)44-37)23-32(26)43(25-12-5-4-6-13-25)41-30-15-11-19-36-39(30)42(33(21-24)38(27)41)31-16-8-10-18-35(31)45-36/h4-23H,1-3H3. The van der Waals surface area contributed by atoms with Crippen LogP contribution in [0, 0.1) is 6.92 Å². The van der Waals surface area contributed by atoms with Gasteiger partial charge < -0.3 is 9.71 Å². The Labute approximate surface area is 273 Å². The number of aryl methyl sites for hydroxylation is 1. The summed E-state index contributed by atoms with van der Waals surface area (Å²) in [6, 6.07) is 45.7. The molecule has 214 valence electrons. The van der Waals surface area contributed by atoms with Gasteiger partial charge in [-0.25, -0.2) is 0 Å². The average Bonchev–Trinajstić information content (AvgIpc) is 3.06. The Morgan fingerprint density at radius 1 is 0.578 bits per heavy atom. The molecule has 0 spiro atoms. The Morgan fingerprint density at radius 3 is 2.18 bits per heavy atom. The average molecular weight is 613 g/mol. The first-order valence-corrected chi connectivity index (χ1v) is 17.3. The number of hydrogen-bond donors (Lipinski definition) is 0. The third-order valence-corrected chi connectivity index (χ3v) is 12.3. The monoisotopic (exact) mass is 612 g/mol. The predicted molar refractivity (Wildman–Crippen MR) is 192 cm³/mol. The molecule has 0 amide bonds. The fraction of sp³-hybridized carbons (Fsp3) is 0.100. The Hall–Kier alpha value is -4.32. The molecule has 0 aromatic heterocycles. The van der Waals surface area contributed by atoms with E-state index in [-0.39, 0.29) is 12.3 Å². The molecule has 6 aromatic carbocycles.